The number of hydrogen-bond donors (Lipinski definition) is 0. The zero-order chi connectivity index (χ0) is 19.6. The molecule has 1 unspecified atom stereocenters. The molecule has 4 saturated carbocycles. The minimum absolute atomic E-state index is 0.0618. The zero-order valence-electron chi connectivity index (χ0n) is 18.0. The number of carbonyl (C=O) groups is 2. The van der Waals surface area contributed by atoms with Gasteiger partial charge in [-0.15, -0.1) is 0 Å². The van der Waals surface area contributed by atoms with E-state index < -0.39 is 5.60 Å². The van der Waals surface area contributed by atoms with Crippen molar-refractivity contribution in [3.63, 3.8) is 0 Å². The molecule has 8 atom stereocenters. The highest BCUT2D eigenvalue weighted by molar-refractivity contribution is 5.89. The molecule has 0 radical (unpaired) electrons. The molecule has 4 aliphatic carbocycles. The number of ether oxygens (including phenoxy) is 1. The summed E-state index contributed by atoms with van der Waals surface area (Å²) in [7, 11) is 0. The summed E-state index contributed by atoms with van der Waals surface area (Å²) in [6.45, 7) is 10.4. The van der Waals surface area contributed by atoms with Crippen LogP contribution in [0.1, 0.15) is 92.4 Å². The molecule has 4 rings (SSSR count). The maximum Gasteiger partial charge on any atom is 0.303 e. The molecule has 0 spiro atoms. The van der Waals surface area contributed by atoms with Gasteiger partial charge in [0.15, 0.2) is 11.4 Å². The molecule has 4 fully saturated rings. The van der Waals surface area contributed by atoms with E-state index in [0.717, 1.165) is 37.0 Å². The van der Waals surface area contributed by atoms with Crippen LogP contribution >= 0.6 is 0 Å². The second-order valence-electron chi connectivity index (χ2n) is 10.9. The fourth-order valence-corrected chi connectivity index (χ4v) is 8.87. The molecule has 3 nitrogen and oxygen atoms in total. The van der Waals surface area contributed by atoms with Crippen LogP contribution in [0.4, 0.5) is 0 Å². The molecule has 0 aromatic rings. The van der Waals surface area contributed by atoms with Gasteiger partial charge in [0.1, 0.15) is 0 Å². The Morgan fingerprint density at radius 1 is 0.889 bits per heavy atom. The van der Waals surface area contributed by atoms with Crippen LogP contribution in [0.15, 0.2) is 0 Å². The van der Waals surface area contributed by atoms with E-state index in [1.807, 2.05) is 0 Å². The molecule has 0 aromatic carbocycles. The van der Waals surface area contributed by atoms with Crippen LogP contribution in [-0.4, -0.2) is 17.4 Å². The predicted molar refractivity (Wildman–Crippen MR) is 106 cm³/mol. The van der Waals surface area contributed by atoms with E-state index in [9.17, 15) is 9.59 Å². The van der Waals surface area contributed by atoms with Gasteiger partial charge in [0, 0.05) is 12.3 Å². The number of Topliss-reactive ketones (excluding diaryl/α,β-unsaturated/α-hetero) is 1. The average molecular weight is 375 g/mol. The van der Waals surface area contributed by atoms with Gasteiger partial charge in [-0.25, -0.2) is 0 Å². The van der Waals surface area contributed by atoms with Crippen LogP contribution in [0.25, 0.3) is 0 Å². The Morgan fingerprint density at radius 2 is 1.59 bits per heavy atom. The molecule has 0 amide bonds. The van der Waals surface area contributed by atoms with Crippen LogP contribution < -0.4 is 0 Å². The molecular weight excluding hydrogens is 336 g/mol. The van der Waals surface area contributed by atoms with Crippen molar-refractivity contribution >= 4 is 11.8 Å². The van der Waals surface area contributed by atoms with Crippen molar-refractivity contribution in [3.8, 4) is 0 Å². The Labute approximate surface area is 165 Å². The van der Waals surface area contributed by atoms with Gasteiger partial charge in [-0.05, 0) is 86.9 Å². The maximum atomic E-state index is 12.8. The third-order valence-electron chi connectivity index (χ3n) is 9.95. The van der Waals surface area contributed by atoms with Crippen molar-refractivity contribution in [2.45, 2.75) is 98.0 Å². The van der Waals surface area contributed by atoms with E-state index in [1.165, 1.54) is 45.4 Å². The average Bonchev–Trinajstić information content (AvgIpc) is 2.88. The topological polar surface area (TPSA) is 43.4 Å². The van der Waals surface area contributed by atoms with Crippen molar-refractivity contribution in [3.05, 3.63) is 0 Å². The summed E-state index contributed by atoms with van der Waals surface area (Å²) in [5, 5.41) is 0. The van der Waals surface area contributed by atoms with Crippen LogP contribution in [0.3, 0.4) is 0 Å². The number of carbonyl (C=O) groups excluding carboxylic acids is 2. The fraction of sp³-hybridized carbons (Fsp3) is 0.917. The van der Waals surface area contributed by atoms with Crippen LogP contribution in [-0.2, 0) is 14.3 Å². The zero-order valence-corrected chi connectivity index (χ0v) is 18.0. The van der Waals surface area contributed by atoms with Crippen molar-refractivity contribution in [1.29, 1.82) is 0 Å². The largest absolute Gasteiger partial charge is 0.451 e. The van der Waals surface area contributed by atoms with E-state index in [2.05, 4.69) is 20.8 Å². The third-order valence-corrected chi connectivity index (χ3v) is 9.95. The first-order valence-corrected chi connectivity index (χ1v) is 11.4. The van der Waals surface area contributed by atoms with Gasteiger partial charge >= 0.3 is 5.97 Å². The Morgan fingerprint density at radius 3 is 2.26 bits per heavy atom. The molecular formula is C24H38O3. The van der Waals surface area contributed by atoms with E-state index in [1.54, 1.807) is 6.92 Å². The molecule has 0 aliphatic heterocycles. The van der Waals surface area contributed by atoms with Crippen LogP contribution in [0.5, 0.6) is 0 Å². The predicted octanol–water partition coefficient (Wildman–Crippen LogP) is 5.56. The van der Waals surface area contributed by atoms with Crippen LogP contribution in [0, 0.1) is 40.4 Å². The van der Waals surface area contributed by atoms with E-state index in [0.29, 0.717) is 17.3 Å². The molecule has 4 aliphatic rings. The van der Waals surface area contributed by atoms with Crippen molar-refractivity contribution < 1.29 is 14.3 Å². The number of rotatable bonds is 2. The molecule has 0 heterocycles. The molecule has 0 N–H and O–H groups in total. The van der Waals surface area contributed by atoms with Crippen molar-refractivity contribution in [2.75, 3.05) is 0 Å². The minimum atomic E-state index is -0.887. The van der Waals surface area contributed by atoms with Gasteiger partial charge in [0.05, 0.1) is 0 Å². The fourth-order valence-electron chi connectivity index (χ4n) is 8.87. The first kappa shape index (κ1) is 19.5. The first-order valence-electron chi connectivity index (χ1n) is 11.4. The summed E-state index contributed by atoms with van der Waals surface area (Å²) < 4.78 is 5.88. The van der Waals surface area contributed by atoms with Crippen LogP contribution in [0.2, 0.25) is 0 Å². The minimum Gasteiger partial charge on any atom is -0.451 e. The smallest absolute Gasteiger partial charge is 0.303 e. The quantitative estimate of drug-likeness (QED) is 0.595. The Kier molecular flexibility index (Phi) is 4.56. The normalized spacial score (nSPS) is 51.7. The second-order valence-corrected chi connectivity index (χ2v) is 10.9. The van der Waals surface area contributed by atoms with Gasteiger partial charge in [0.2, 0.25) is 0 Å². The van der Waals surface area contributed by atoms with Gasteiger partial charge in [-0.2, -0.15) is 0 Å². The van der Waals surface area contributed by atoms with Gasteiger partial charge in [-0.1, -0.05) is 33.6 Å². The van der Waals surface area contributed by atoms with Crippen molar-refractivity contribution in [1.82, 2.24) is 0 Å². The highest BCUT2D eigenvalue weighted by Crippen LogP contribution is 2.69. The van der Waals surface area contributed by atoms with E-state index in [4.69, 9.17) is 4.74 Å². The lowest BCUT2D eigenvalue weighted by Crippen LogP contribution is -2.60. The van der Waals surface area contributed by atoms with Crippen molar-refractivity contribution in [2.24, 2.45) is 40.4 Å². The lowest BCUT2D eigenvalue weighted by Gasteiger charge is -2.62. The summed E-state index contributed by atoms with van der Waals surface area (Å²) >= 11 is 0. The SMILES string of the molecule is CC(=O)O[C@]1(C(C)=O)CC[C@H]2[C@@H]3C[C@H](C)C4CCCC[C@]4(C)[C@H]3CC[C@@]21C. The van der Waals surface area contributed by atoms with Gasteiger partial charge in [0.25, 0.3) is 0 Å². The van der Waals surface area contributed by atoms with Gasteiger partial charge in [-0.3, -0.25) is 9.59 Å². The van der Waals surface area contributed by atoms with E-state index >= 15 is 0 Å². The second kappa shape index (κ2) is 6.32. The summed E-state index contributed by atoms with van der Waals surface area (Å²) in [6.07, 6.45) is 10.9. The van der Waals surface area contributed by atoms with E-state index in [-0.39, 0.29) is 17.2 Å². The Balaban J connectivity index is 1.71. The standard InChI is InChI=1S/C24H38O3/c1-15-14-18-20(22(4)11-7-6-8-19(15)22)9-12-23(5)21(18)10-13-24(23,16(2)25)27-17(3)26/h15,18-21H,6-14H2,1-5H3/t15-,18+,19?,20-,21-,22-,23-,24-/m0/s1. The lowest BCUT2D eigenvalue weighted by atomic mass is 9.42. The number of esters is 1. The van der Waals surface area contributed by atoms with Gasteiger partial charge < -0.3 is 4.74 Å². The monoisotopic (exact) mass is 374 g/mol. The molecule has 0 aromatic heterocycles. The first-order chi connectivity index (χ1) is 12.7. The molecule has 0 bridgehead atoms. The molecule has 27 heavy (non-hydrogen) atoms. The maximum absolute atomic E-state index is 12.8. The molecule has 3 heteroatoms. The molecule has 152 valence electrons. The highest BCUT2D eigenvalue weighted by Gasteiger charge is 2.68. The molecule has 0 saturated heterocycles. The Bertz CT molecular complexity index is 642. The lowest BCUT2D eigenvalue weighted by molar-refractivity contribution is -0.193. The number of ketones is 1. The summed E-state index contributed by atoms with van der Waals surface area (Å²) in [5.74, 6) is 3.41. The highest BCUT2D eigenvalue weighted by atomic mass is 16.6. The number of fused-ring (bicyclic) bond motifs is 5. The third kappa shape index (κ3) is 2.52. The Hall–Kier alpha value is -0.860. The summed E-state index contributed by atoms with van der Waals surface area (Å²) in [4.78, 5) is 24.7. The summed E-state index contributed by atoms with van der Waals surface area (Å²) in [6, 6.07) is 0. The summed E-state index contributed by atoms with van der Waals surface area (Å²) in [5.41, 5.74) is -0.601. The number of hydrogen-bond acceptors (Lipinski definition) is 3.